The van der Waals surface area contributed by atoms with Gasteiger partial charge < -0.3 is 5.73 Å². The summed E-state index contributed by atoms with van der Waals surface area (Å²) in [5.41, 5.74) is 10.1. The minimum Gasteiger partial charge on any atom is -0.324 e. The van der Waals surface area contributed by atoms with Gasteiger partial charge in [-0.1, -0.05) is 23.9 Å². The predicted octanol–water partition coefficient (Wildman–Crippen LogP) is 5.11. The van der Waals surface area contributed by atoms with E-state index >= 15 is 0 Å². The van der Waals surface area contributed by atoms with Crippen LogP contribution in [0.4, 0.5) is 0 Å². The first kappa shape index (κ1) is 14.2. The van der Waals surface area contributed by atoms with Crippen molar-refractivity contribution in [3.63, 3.8) is 0 Å². The van der Waals surface area contributed by atoms with Gasteiger partial charge in [-0.25, -0.2) is 0 Å². The van der Waals surface area contributed by atoms with E-state index < -0.39 is 0 Å². The molecule has 0 bridgehead atoms. The summed E-state index contributed by atoms with van der Waals surface area (Å²) < 4.78 is 1.12. The van der Waals surface area contributed by atoms with Crippen LogP contribution in [0.1, 0.15) is 36.1 Å². The standard InChI is InChI=1S/C17H18BrNS/c1-11(19)13-6-8-17(16(18)10-13)20-15-7-5-12-3-2-4-14(12)9-15/h5-11H,2-4,19H2,1H3/t11-/m1/s1. The Bertz CT molecular complexity index is 637. The minimum atomic E-state index is 0.0744. The Morgan fingerprint density at radius 2 is 1.90 bits per heavy atom. The second-order valence-corrected chi connectivity index (χ2v) is 7.33. The van der Waals surface area contributed by atoms with Gasteiger partial charge in [0.25, 0.3) is 0 Å². The number of halogens is 1. The number of fused-ring (bicyclic) bond motifs is 1. The van der Waals surface area contributed by atoms with Crippen molar-refractivity contribution < 1.29 is 0 Å². The van der Waals surface area contributed by atoms with Gasteiger partial charge >= 0.3 is 0 Å². The summed E-state index contributed by atoms with van der Waals surface area (Å²) in [5.74, 6) is 0. The van der Waals surface area contributed by atoms with E-state index in [1.807, 2.05) is 18.7 Å². The highest BCUT2D eigenvalue weighted by atomic mass is 79.9. The number of nitrogens with two attached hydrogens (primary N) is 1. The molecule has 2 aromatic rings. The molecule has 0 aromatic heterocycles. The van der Waals surface area contributed by atoms with E-state index in [1.54, 1.807) is 0 Å². The molecule has 1 aliphatic carbocycles. The number of aryl methyl sites for hydroxylation is 2. The predicted molar refractivity (Wildman–Crippen MR) is 89.3 cm³/mol. The van der Waals surface area contributed by atoms with Crippen molar-refractivity contribution >= 4 is 27.7 Å². The molecule has 1 nitrogen and oxygen atoms in total. The fourth-order valence-corrected chi connectivity index (χ4v) is 4.14. The van der Waals surface area contributed by atoms with Gasteiger partial charge in [-0.3, -0.25) is 0 Å². The van der Waals surface area contributed by atoms with Crippen LogP contribution in [0.3, 0.4) is 0 Å². The van der Waals surface area contributed by atoms with Crippen LogP contribution >= 0.6 is 27.7 Å². The molecule has 0 saturated carbocycles. The van der Waals surface area contributed by atoms with E-state index in [2.05, 4.69) is 52.3 Å². The van der Waals surface area contributed by atoms with Crippen LogP contribution in [-0.4, -0.2) is 0 Å². The van der Waals surface area contributed by atoms with Crippen LogP contribution in [0.2, 0.25) is 0 Å². The molecule has 3 heteroatoms. The van der Waals surface area contributed by atoms with Crippen molar-refractivity contribution in [3.8, 4) is 0 Å². The van der Waals surface area contributed by atoms with Gasteiger partial charge in [0, 0.05) is 20.3 Å². The molecule has 1 aliphatic rings. The lowest BCUT2D eigenvalue weighted by molar-refractivity contribution is 0.815. The molecule has 0 fully saturated rings. The van der Waals surface area contributed by atoms with Gasteiger partial charge in [0.2, 0.25) is 0 Å². The molecule has 0 radical (unpaired) electrons. The van der Waals surface area contributed by atoms with Gasteiger partial charge in [0.1, 0.15) is 0 Å². The Morgan fingerprint density at radius 1 is 1.10 bits per heavy atom. The topological polar surface area (TPSA) is 26.0 Å². The Kier molecular flexibility index (Phi) is 4.20. The van der Waals surface area contributed by atoms with Crippen LogP contribution < -0.4 is 5.73 Å². The summed E-state index contributed by atoms with van der Waals surface area (Å²) in [7, 11) is 0. The molecule has 0 unspecified atom stereocenters. The Morgan fingerprint density at radius 3 is 2.65 bits per heavy atom. The van der Waals surface area contributed by atoms with Gasteiger partial charge in [0.05, 0.1) is 0 Å². The van der Waals surface area contributed by atoms with Crippen molar-refractivity contribution in [1.82, 2.24) is 0 Å². The Balaban J connectivity index is 1.84. The van der Waals surface area contributed by atoms with Crippen LogP contribution in [0.5, 0.6) is 0 Å². The van der Waals surface area contributed by atoms with E-state index in [-0.39, 0.29) is 6.04 Å². The minimum absolute atomic E-state index is 0.0744. The molecule has 0 aliphatic heterocycles. The molecular weight excluding hydrogens is 330 g/mol. The van der Waals surface area contributed by atoms with Gasteiger partial charge in [-0.15, -0.1) is 0 Å². The number of benzene rings is 2. The van der Waals surface area contributed by atoms with Crippen molar-refractivity contribution in [2.24, 2.45) is 5.73 Å². The maximum absolute atomic E-state index is 5.92. The first-order valence-corrected chi connectivity index (χ1v) is 8.59. The maximum Gasteiger partial charge on any atom is 0.0318 e. The highest BCUT2D eigenvalue weighted by molar-refractivity contribution is 9.10. The van der Waals surface area contributed by atoms with Crippen LogP contribution in [-0.2, 0) is 12.8 Å². The summed E-state index contributed by atoms with van der Waals surface area (Å²) in [6.45, 7) is 2.01. The summed E-state index contributed by atoms with van der Waals surface area (Å²) >= 11 is 5.47. The molecule has 0 saturated heterocycles. The molecule has 2 aromatic carbocycles. The van der Waals surface area contributed by atoms with Crippen molar-refractivity contribution in [2.75, 3.05) is 0 Å². The van der Waals surface area contributed by atoms with Gasteiger partial charge in [-0.2, -0.15) is 0 Å². The number of hydrogen-bond donors (Lipinski definition) is 1. The van der Waals surface area contributed by atoms with Gasteiger partial charge in [-0.05, 0) is 83.1 Å². The highest BCUT2D eigenvalue weighted by Gasteiger charge is 2.12. The van der Waals surface area contributed by atoms with Crippen molar-refractivity contribution in [3.05, 3.63) is 57.6 Å². The fraction of sp³-hybridized carbons (Fsp3) is 0.294. The zero-order chi connectivity index (χ0) is 14.1. The maximum atomic E-state index is 5.92. The molecular formula is C17H18BrNS. The lowest BCUT2D eigenvalue weighted by Gasteiger charge is -2.10. The SMILES string of the molecule is C[C@@H](N)c1ccc(Sc2ccc3c(c2)CCC3)c(Br)c1. The molecule has 3 rings (SSSR count). The van der Waals surface area contributed by atoms with E-state index in [0.717, 1.165) is 10.0 Å². The molecule has 0 heterocycles. The molecule has 2 N–H and O–H groups in total. The average Bonchev–Trinajstić information content (AvgIpc) is 2.88. The highest BCUT2D eigenvalue weighted by Crippen LogP contribution is 2.36. The second kappa shape index (κ2) is 5.92. The number of rotatable bonds is 3. The smallest absolute Gasteiger partial charge is 0.0318 e. The molecule has 0 amide bonds. The van der Waals surface area contributed by atoms with E-state index in [4.69, 9.17) is 5.73 Å². The van der Waals surface area contributed by atoms with Crippen LogP contribution in [0, 0.1) is 0 Å². The lowest BCUT2D eigenvalue weighted by Crippen LogP contribution is -2.04. The lowest BCUT2D eigenvalue weighted by atomic mass is 10.1. The number of hydrogen-bond acceptors (Lipinski definition) is 2. The third-order valence-corrected chi connectivity index (χ3v) is 5.76. The van der Waals surface area contributed by atoms with Gasteiger partial charge in [0.15, 0.2) is 0 Å². The molecule has 20 heavy (non-hydrogen) atoms. The third-order valence-electron chi connectivity index (χ3n) is 3.78. The first-order valence-electron chi connectivity index (χ1n) is 6.98. The molecule has 0 spiro atoms. The summed E-state index contributed by atoms with van der Waals surface area (Å²) in [6, 6.07) is 13.3. The van der Waals surface area contributed by atoms with E-state index in [0.29, 0.717) is 0 Å². The molecule has 104 valence electrons. The zero-order valence-electron chi connectivity index (χ0n) is 11.5. The van der Waals surface area contributed by atoms with Crippen molar-refractivity contribution in [2.45, 2.75) is 42.0 Å². The summed E-state index contributed by atoms with van der Waals surface area (Å²) in [5, 5.41) is 0. The van der Waals surface area contributed by atoms with Crippen LogP contribution in [0.15, 0.2) is 50.7 Å². The van der Waals surface area contributed by atoms with Crippen molar-refractivity contribution in [1.29, 1.82) is 0 Å². The average molecular weight is 348 g/mol. The summed E-state index contributed by atoms with van der Waals surface area (Å²) in [6.07, 6.45) is 3.78. The third kappa shape index (κ3) is 2.95. The fourth-order valence-electron chi connectivity index (χ4n) is 2.62. The quantitative estimate of drug-likeness (QED) is 0.834. The normalized spacial score (nSPS) is 15.2. The summed E-state index contributed by atoms with van der Waals surface area (Å²) in [4.78, 5) is 2.56. The van der Waals surface area contributed by atoms with E-state index in [9.17, 15) is 0 Å². The second-order valence-electron chi connectivity index (χ2n) is 5.36. The Labute approximate surface area is 133 Å². The Hall–Kier alpha value is -0.770. The van der Waals surface area contributed by atoms with Crippen LogP contribution in [0.25, 0.3) is 0 Å². The molecule has 1 atom stereocenters. The zero-order valence-corrected chi connectivity index (χ0v) is 13.9. The largest absolute Gasteiger partial charge is 0.324 e. The first-order chi connectivity index (χ1) is 9.63. The monoisotopic (exact) mass is 347 g/mol. The van der Waals surface area contributed by atoms with E-state index in [1.165, 1.54) is 40.2 Å².